The molecule has 0 bridgehead atoms. The predicted octanol–water partition coefficient (Wildman–Crippen LogP) is 9.92. The molecule has 0 radical (unpaired) electrons. The second-order valence-corrected chi connectivity index (χ2v) is 14.9. The van der Waals surface area contributed by atoms with Crippen molar-refractivity contribution in [1.82, 2.24) is 5.32 Å². The summed E-state index contributed by atoms with van der Waals surface area (Å²) < 4.78 is 6.19. The summed E-state index contributed by atoms with van der Waals surface area (Å²) in [6.45, 7) is 4.21. The van der Waals surface area contributed by atoms with Gasteiger partial charge in [0, 0.05) is 36.2 Å². The molecule has 8 heteroatoms. The fourth-order valence-corrected chi connectivity index (χ4v) is 8.78. The normalized spacial score (nSPS) is 18.7. The monoisotopic (exact) mass is 743 g/mol. The number of aryl methyl sites for hydroxylation is 1. The van der Waals surface area contributed by atoms with Gasteiger partial charge in [0.25, 0.3) is 11.8 Å². The summed E-state index contributed by atoms with van der Waals surface area (Å²) in [4.78, 5) is 44.9. The Morgan fingerprint density at radius 1 is 0.764 bits per heavy atom. The minimum Gasteiger partial charge on any atom is -0.487 e. The third kappa shape index (κ3) is 6.34. The summed E-state index contributed by atoms with van der Waals surface area (Å²) >= 11 is 6.73. The van der Waals surface area contributed by atoms with Crippen LogP contribution in [-0.2, 0) is 16.2 Å². The number of carbonyl (C=O) groups is 3. The second-order valence-electron chi connectivity index (χ2n) is 14.5. The Morgan fingerprint density at radius 3 is 2.05 bits per heavy atom. The number of hydrogen-bond acceptors (Lipinski definition) is 5. The van der Waals surface area contributed by atoms with E-state index >= 15 is 0 Å². The highest BCUT2D eigenvalue weighted by atomic mass is 35.5. The molecule has 55 heavy (non-hydrogen) atoms. The van der Waals surface area contributed by atoms with Crippen molar-refractivity contribution in [3.05, 3.63) is 177 Å². The summed E-state index contributed by atoms with van der Waals surface area (Å²) in [5, 5.41) is 5.01. The first-order valence-corrected chi connectivity index (χ1v) is 19.1. The second kappa shape index (κ2) is 14.2. The largest absolute Gasteiger partial charge is 0.487 e. The maximum Gasteiger partial charge on any atom is 0.335 e. The van der Waals surface area contributed by atoms with E-state index in [0.717, 1.165) is 63.9 Å². The van der Waals surface area contributed by atoms with Crippen molar-refractivity contribution in [3.63, 3.8) is 0 Å². The van der Waals surface area contributed by atoms with Crippen LogP contribution in [0.4, 0.5) is 16.2 Å². The van der Waals surface area contributed by atoms with E-state index < -0.39 is 17.8 Å². The summed E-state index contributed by atoms with van der Waals surface area (Å²) in [6, 6.07) is 41.4. The number of benzene rings is 6. The average molecular weight is 744 g/mol. The van der Waals surface area contributed by atoms with Gasteiger partial charge in [-0.05, 0) is 94.3 Å². The zero-order valence-corrected chi connectivity index (χ0v) is 31.1. The quantitative estimate of drug-likeness (QED) is 0.130. The predicted molar refractivity (Wildman–Crippen MR) is 218 cm³/mol. The Hall–Kier alpha value is -6.18. The van der Waals surface area contributed by atoms with Crippen molar-refractivity contribution >= 4 is 57.7 Å². The van der Waals surface area contributed by atoms with E-state index in [2.05, 4.69) is 65.7 Å². The van der Waals surface area contributed by atoms with Crippen LogP contribution in [0.1, 0.15) is 63.6 Å². The van der Waals surface area contributed by atoms with Crippen molar-refractivity contribution in [2.24, 2.45) is 0 Å². The van der Waals surface area contributed by atoms with Crippen LogP contribution in [0, 0.1) is 6.92 Å². The minimum atomic E-state index is -0.777. The topological polar surface area (TPSA) is 79.0 Å². The SMILES string of the molecule is Cc1ccc2ccccc2c1COc1ccc(/C=C2\C(=O)NC(=O)N(c3cc4c5c(c3)[C@@H](c3ccccc3)CCN5CC[C@@H]4c3ccccc3)C2=O)cc1Cl. The molecule has 1 fully saturated rings. The number of nitrogens with one attached hydrogen (secondary N) is 1. The van der Waals surface area contributed by atoms with Crippen molar-refractivity contribution in [1.29, 1.82) is 0 Å². The molecule has 1 saturated heterocycles. The number of barbiturate groups is 1. The van der Waals surface area contributed by atoms with E-state index in [1.165, 1.54) is 22.9 Å². The number of imide groups is 2. The Bertz CT molecular complexity index is 2460. The molecule has 0 spiro atoms. The molecule has 7 nitrogen and oxygen atoms in total. The zero-order chi connectivity index (χ0) is 37.6. The van der Waals surface area contributed by atoms with Crippen molar-refractivity contribution < 1.29 is 19.1 Å². The standard InChI is InChI=1S/C47H38ClN3O4/c1-29-16-18-33-14-8-9-15-35(33)41(29)28-55-43-19-17-30(25-42(43)48)24-40-45(52)49-47(54)51(46(40)53)34-26-38-36(31-10-4-2-5-11-31)20-22-50-23-21-37(39(27-34)44(38)50)32-12-6-3-7-13-32/h2-19,24-27,36-37H,20-23,28H2,1H3,(H,49,52,54)/b40-24+/t36-,37-/m1/s1. The summed E-state index contributed by atoms with van der Waals surface area (Å²) in [5.41, 5.74) is 8.69. The van der Waals surface area contributed by atoms with Crippen LogP contribution in [0.25, 0.3) is 16.8 Å². The average Bonchev–Trinajstić information content (AvgIpc) is 3.20. The van der Waals surface area contributed by atoms with E-state index in [1.807, 2.05) is 60.7 Å². The van der Waals surface area contributed by atoms with E-state index in [0.29, 0.717) is 28.6 Å². The Kier molecular flexibility index (Phi) is 8.95. The van der Waals surface area contributed by atoms with Gasteiger partial charge in [0.05, 0.1) is 10.7 Å². The van der Waals surface area contributed by atoms with Crippen LogP contribution in [0.2, 0.25) is 5.02 Å². The molecule has 272 valence electrons. The molecular formula is C47H38ClN3O4. The van der Waals surface area contributed by atoms with Crippen LogP contribution >= 0.6 is 11.6 Å². The van der Waals surface area contributed by atoms with Gasteiger partial charge in [-0.25, -0.2) is 9.69 Å². The highest BCUT2D eigenvalue weighted by Crippen LogP contribution is 2.50. The number of carbonyl (C=O) groups excluding carboxylic acids is 3. The highest BCUT2D eigenvalue weighted by Gasteiger charge is 2.40. The van der Waals surface area contributed by atoms with E-state index in [4.69, 9.17) is 16.3 Å². The van der Waals surface area contributed by atoms with Crippen molar-refractivity contribution in [2.75, 3.05) is 22.9 Å². The van der Waals surface area contributed by atoms with Gasteiger partial charge < -0.3 is 9.64 Å². The molecule has 4 amide bonds. The van der Waals surface area contributed by atoms with E-state index in [1.54, 1.807) is 18.2 Å². The van der Waals surface area contributed by atoms with Gasteiger partial charge in [-0.15, -0.1) is 0 Å². The molecule has 6 aromatic carbocycles. The molecule has 1 N–H and O–H groups in total. The van der Waals surface area contributed by atoms with Crippen molar-refractivity contribution in [3.8, 4) is 5.75 Å². The molecule has 0 aromatic heterocycles. The Labute approximate surface area is 324 Å². The number of fused-ring (bicyclic) bond motifs is 1. The van der Waals surface area contributed by atoms with Crippen LogP contribution in [0.5, 0.6) is 5.75 Å². The number of hydrogen-bond donors (Lipinski definition) is 1. The van der Waals surface area contributed by atoms with Gasteiger partial charge >= 0.3 is 6.03 Å². The Morgan fingerprint density at radius 2 is 1.40 bits per heavy atom. The van der Waals surface area contributed by atoms with Crippen LogP contribution in [-0.4, -0.2) is 30.9 Å². The smallest absolute Gasteiger partial charge is 0.335 e. The lowest BCUT2D eigenvalue weighted by Crippen LogP contribution is -2.54. The number of rotatable bonds is 7. The maximum absolute atomic E-state index is 14.4. The maximum atomic E-state index is 14.4. The third-order valence-corrected chi connectivity index (χ3v) is 11.6. The Balaban J connectivity index is 1.06. The molecule has 3 aliphatic heterocycles. The minimum absolute atomic E-state index is 0.0766. The van der Waals surface area contributed by atoms with Crippen LogP contribution in [0.3, 0.4) is 0 Å². The lowest BCUT2D eigenvalue weighted by molar-refractivity contribution is -0.122. The van der Waals surface area contributed by atoms with Crippen molar-refractivity contribution in [2.45, 2.75) is 38.2 Å². The number of nitrogens with zero attached hydrogens (tertiary/aromatic N) is 2. The molecule has 0 unspecified atom stereocenters. The number of ether oxygens (including phenoxy) is 1. The van der Waals surface area contributed by atoms with Gasteiger partial charge in [-0.3, -0.25) is 14.9 Å². The number of anilines is 2. The van der Waals surface area contributed by atoms with E-state index in [-0.39, 0.29) is 17.4 Å². The van der Waals surface area contributed by atoms with Gasteiger partial charge in [-0.1, -0.05) is 115 Å². The first-order chi connectivity index (χ1) is 26.8. The molecule has 6 aromatic rings. The first-order valence-electron chi connectivity index (χ1n) is 18.7. The van der Waals surface area contributed by atoms with Gasteiger partial charge in [0.1, 0.15) is 17.9 Å². The molecule has 2 atom stereocenters. The van der Waals surface area contributed by atoms with E-state index in [9.17, 15) is 14.4 Å². The lowest BCUT2D eigenvalue weighted by atomic mass is 9.76. The van der Waals surface area contributed by atoms with Gasteiger partial charge in [0.2, 0.25) is 0 Å². The number of amides is 4. The zero-order valence-electron chi connectivity index (χ0n) is 30.3. The van der Waals surface area contributed by atoms with Crippen LogP contribution in [0.15, 0.2) is 133 Å². The fraction of sp³-hybridized carbons (Fsp3) is 0.170. The van der Waals surface area contributed by atoms with Gasteiger partial charge in [0.15, 0.2) is 0 Å². The first kappa shape index (κ1) is 34.6. The summed E-state index contributed by atoms with van der Waals surface area (Å²) in [5.74, 6) is -0.825. The number of halogens is 1. The van der Waals surface area contributed by atoms with Crippen LogP contribution < -0.4 is 19.9 Å². The molecule has 3 heterocycles. The molecular weight excluding hydrogens is 706 g/mol. The highest BCUT2D eigenvalue weighted by molar-refractivity contribution is 6.39. The van der Waals surface area contributed by atoms with Gasteiger partial charge in [-0.2, -0.15) is 0 Å². The lowest BCUT2D eigenvalue weighted by Gasteiger charge is -2.44. The molecule has 3 aliphatic rings. The molecule has 0 aliphatic carbocycles. The molecule has 0 saturated carbocycles. The third-order valence-electron chi connectivity index (χ3n) is 11.3. The fourth-order valence-electron chi connectivity index (χ4n) is 8.54. The summed E-state index contributed by atoms with van der Waals surface area (Å²) in [7, 11) is 0. The molecule has 9 rings (SSSR count). The number of urea groups is 1. The summed E-state index contributed by atoms with van der Waals surface area (Å²) in [6.07, 6.45) is 3.29.